The molecule has 0 radical (unpaired) electrons. The fraction of sp³-hybridized carbons (Fsp3) is 0.385. The van der Waals surface area contributed by atoms with Gasteiger partial charge in [-0.25, -0.2) is 4.79 Å². The van der Waals surface area contributed by atoms with Gasteiger partial charge in [0.25, 0.3) is 0 Å². The summed E-state index contributed by atoms with van der Waals surface area (Å²) in [6.07, 6.45) is -0.560. The van der Waals surface area contributed by atoms with Gasteiger partial charge in [0.05, 0.1) is 5.69 Å². The highest BCUT2D eigenvalue weighted by molar-refractivity contribution is 5.86. The van der Waals surface area contributed by atoms with Crippen molar-refractivity contribution in [2.24, 2.45) is 0 Å². The Bertz CT molecular complexity index is 458. The van der Waals surface area contributed by atoms with E-state index in [-0.39, 0.29) is 6.61 Å². The van der Waals surface area contributed by atoms with E-state index in [0.717, 1.165) is 0 Å². The first-order valence-corrected chi connectivity index (χ1v) is 5.51. The van der Waals surface area contributed by atoms with E-state index >= 15 is 0 Å². The lowest BCUT2D eigenvalue weighted by atomic mass is 10.2. The van der Waals surface area contributed by atoms with Gasteiger partial charge in [-0.3, -0.25) is 5.32 Å². The first-order valence-electron chi connectivity index (χ1n) is 5.51. The van der Waals surface area contributed by atoms with Gasteiger partial charge < -0.3 is 9.47 Å². The van der Waals surface area contributed by atoms with Gasteiger partial charge in [0.1, 0.15) is 17.4 Å². The van der Waals surface area contributed by atoms with Crippen molar-refractivity contribution in [2.45, 2.75) is 26.4 Å². The lowest BCUT2D eigenvalue weighted by molar-refractivity contribution is 0.0635. The first-order chi connectivity index (χ1) is 8.42. The molecule has 1 amide bonds. The van der Waals surface area contributed by atoms with Crippen molar-refractivity contribution in [2.75, 3.05) is 11.9 Å². The summed E-state index contributed by atoms with van der Waals surface area (Å²) in [5.74, 6) is 0.435. The summed E-state index contributed by atoms with van der Waals surface area (Å²) >= 11 is 0. The molecule has 0 aromatic heterocycles. The predicted molar refractivity (Wildman–Crippen MR) is 67.4 cm³/mol. The molecule has 0 fully saturated rings. The van der Waals surface area contributed by atoms with Crippen molar-refractivity contribution in [3.63, 3.8) is 0 Å². The van der Waals surface area contributed by atoms with E-state index in [1.807, 2.05) is 6.07 Å². The lowest BCUT2D eigenvalue weighted by Gasteiger charge is -2.20. The molecule has 0 bridgehead atoms. The maximum atomic E-state index is 11.6. The first kappa shape index (κ1) is 13.8. The zero-order valence-electron chi connectivity index (χ0n) is 10.7. The number of benzene rings is 1. The lowest BCUT2D eigenvalue weighted by Crippen LogP contribution is -2.27. The highest BCUT2D eigenvalue weighted by Gasteiger charge is 2.17. The minimum Gasteiger partial charge on any atom is -0.477 e. The number of carbonyl (C=O) groups excluding carboxylic acids is 1. The van der Waals surface area contributed by atoms with Crippen molar-refractivity contribution in [1.29, 1.82) is 5.26 Å². The molecule has 0 aliphatic rings. The summed E-state index contributed by atoms with van der Waals surface area (Å²) < 4.78 is 10.3. The van der Waals surface area contributed by atoms with E-state index in [0.29, 0.717) is 11.4 Å². The minimum absolute atomic E-state index is 0.0764. The molecule has 0 aliphatic heterocycles. The van der Waals surface area contributed by atoms with Gasteiger partial charge in [-0.15, -0.1) is 0 Å². The maximum absolute atomic E-state index is 11.6. The normalized spacial score (nSPS) is 10.3. The van der Waals surface area contributed by atoms with E-state index < -0.39 is 11.7 Å². The van der Waals surface area contributed by atoms with Crippen molar-refractivity contribution in [3.05, 3.63) is 24.3 Å². The summed E-state index contributed by atoms with van der Waals surface area (Å²) in [6.45, 7) is 5.27. The number of carbonyl (C=O) groups is 1. The standard InChI is InChI=1S/C13H16N2O3/c1-13(2,3)18-12(16)15-10-6-4-5-7-11(10)17-9-8-14/h4-7H,9H2,1-3H3,(H,15,16). The van der Waals surface area contributed by atoms with Crippen LogP contribution in [0.25, 0.3) is 0 Å². The van der Waals surface area contributed by atoms with Crippen LogP contribution in [-0.4, -0.2) is 18.3 Å². The van der Waals surface area contributed by atoms with Gasteiger partial charge in [-0.1, -0.05) is 12.1 Å². The molecule has 1 aromatic rings. The second-order valence-electron chi connectivity index (χ2n) is 4.57. The van der Waals surface area contributed by atoms with Crippen LogP contribution >= 0.6 is 0 Å². The number of anilines is 1. The van der Waals surface area contributed by atoms with Gasteiger partial charge in [-0.05, 0) is 32.9 Å². The van der Waals surface area contributed by atoms with Gasteiger partial charge >= 0.3 is 6.09 Å². The van der Waals surface area contributed by atoms with E-state index in [9.17, 15) is 4.79 Å². The molecule has 0 spiro atoms. The molecule has 1 rings (SSSR count). The Morgan fingerprint density at radius 3 is 2.67 bits per heavy atom. The van der Waals surface area contributed by atoms with Crippen molar-refractivity contribution < 1.29 is 14.3 Å². The Kier molecular flexibility index (Phi) is 4.55. The van der Waals surface area contributed by atoms with Gasteiger partial charge in [0.2, 0.25) is 0 Å². The molecular weight excluding hydrogens is 232 g/mol. The van der Waals surface area contributed by atoms with Crippen LogP contribution in [0, 0.1) is 11.3 Å². The summed E-state index contributed by atoms with van der Waals surface area (Å²) in [4.78, 5) is 11.6. The molecule has 18 heavy (non-hydrogen) atoms. The number of hydrogen-bond donors (Lipinski definition) is 1. The number of nitrogens with one attached hydrogen (secondary N) is 1. The van der Waals surface area contributed by atoms with Crippen LogP contribution in [0.4, 0.5) is 10.5 Å². The molecule has 0 atom stereocenters. The molecular formula is C13H16N2O3. The fourth-order valence-corrected chi connectivity index (χ4v) is 1.22. The molecule has 0 unspecified atom stereocenters. The fourth-order valence-electron chi connectivity index (χ4n) is 1.22. The summed E-state index contributed by atoms with van der Waals surface area (Å²) in [5.41, 5.74) is -0.0889. The van der Waals surface area contributed by atoms with Crippen molar-refractivity contribution in [3.8, 4) is 11.8 Å². The molecule has 1 aromatic carbocycles. The van der Waals surface area contributed by atoms with E-state index in [1.54, 1.807) is 45.0 Å². The van der Waals surface area contributed by atoms with E-state index in [2.05, 4.69) is 5.32 Å². The largest absolute Gasteiger partial charge is 0.477 e. The van der Waals surface area contributed by atoms with Crippen molar-refractivity contribution in [1.82, 2.24) is 0 Å². The van der Waals surface area contributed by atoms with Crippen LogP contribution in [0.1, 0.15) is 20.8 Å². The number of para-hydroxylation sites is 2. The Morgan fingerprint density at radius 1 is 1.39 bits per heavy atom. The minimum atomic E-state index is -0.563. The van der Waals surface area contributed by atoms with Crippen LogP contribution in [0.15, 0.2) is 24.3 Å². The highest BCUT2D eigenvalue weighted by Crippen LogP contribution is 2.24. The molecule has 0 aliphatic carbocycles. The third-order valence-corrected chi connectivity index (χ3v) is 1.81. The number of ether oxygens (including phenoxy) is 2. The zero-order valence-corrected chi connectivity index (χ0v) is 10.7. The smallest absolute Gasteiger partial charge is 0.412 e. The molecule has 5 nitrogen and oxygen atoms in total. The van der Waals surface area contributed by atoms with E-state index in [4.69, 9.17) is 14.7 Å². The van der Waals surface area contributed by atoms with Crippen LogP contribution in [0.3, 0.4) is 0 Å². The van der Waals surface area contributed by atoms with Crippen LogP contribution < -0.4 is 10.1 Å². The van der Waals surface area contributed by atoms with E-state index in [1.165, 1.54) is 0 Å². The molecule has 5 heteroatoms. The molecule has 0 heterocycles. The van der Waals surface area contributed by atoms with Crippen LogP contribution in [-0.2, 0) is 4.74 Å². The summed E-state index contributed by atoms with van der Waals surface area (Å²) in [6, 6.07) is 8.73. The van der Waals surface area contributed by atoms with Crippen molar-refractivity contribution >= 4 is 11.8 Å². The van der Waals surface area contributed by atoms with Crippen LogP contribution in [0.5, 0.6) is 5.75 Å². The molecule has 1 N–H and O–H groups in total. The summed E-state index contributed by atoms with van der Waals surface area (Å²) in [5, 5.41) is 11.0. The average molecular weight is 248 g/mol. The Balaban J connectivity index is 2.72. The number of rotatable bonds is 3. The number of amides is 1. The Hall–Kier alpha value is -2.22. The predicted octanol–water partition coefficient (Wildman–Crippen LogP) is 2.94. The molecule has 96 valence electrons. The average Bonchev–Trinajstić information content (AvgIpc) is 2.25. The zero-order chi connectivity index (χ0) is 13.6. The van der Waals surface area contributed by atoms with Gasteiger partial charge in [0.15, 0.2) is 6.61 Å². The second kappa shape index (κ2) is 5.92. The van der Waals surface area contributed by atoms with Gasteiger partial charge in [-0.2, -0.15) is 5.26 Å². The van der Waals surface area contributed by atoms with Gasteiger partial charge in [0, 0.05) is 0 Å². The highest BCUT2D eigenvalue weighted by atomic mass is 16.6. The van der Waals surface area contributed by atoms with Crippen LogP contribution in [0.2, 0.25) is 0 Å². The molecule has 0 saturated carbocycles. The second-order valence-corrected chi connectivity index (χ2v) is 4.57. The Morgan fingerprint density at radius 2 is 2.06 bits per heavy atom. The topological polar surface area (TPSA) is 71.3 Å². The third kappa shape index (κ3) is 4.74. The molecule has 0 saturated heterocycles. The number of hydrogen-bond acceptors (Lipinski definition) is 4. The number of nitriles is 1. The monoisotopic (exact) mass is 248 g/mol. The Labute approximate surface area is 106 Å². The SMILES string of the molecule is CC(C)(C)OC(=O)Nc1ccccc1OCC#N. The summed E-state index contributed by atoms with van der Waals surface area (Å²) in [7, 11) is 0. The maximum Gasteiger partial charge on any atom is 0.412 e. The quantitative estimate of drug-likeness (QED) is 0.892. The third-order valence-electron chi connectivity index (χ3n) is 1.81. The number of nitrogens with zero attached hydrogens (tertiary/aromatic N) is 1.